The SMILES string of the molecule is CC(=O)OC1=CSC2CCCC3CCCC1C32. The minimum absolute atomic E-state index is 0.159. The molecule has 2 nitrogen and oxygen atoms in total. The molecule has 2 fully saturated rings. The summed E-state index contributed by atoms with van der Waals surface area (Å²) in [7, 11) is 0. The molecule has 4 atom stereocenters. The van der Waals surface area contributed by atoms with Crippen LogP contribution >= 0.6 is 11.8 Å². The molecule has 2 aliphatic carbocycles. The number of carbonyl (C=O) groups excluding carboxylic acids is 1. The van der Waals surface area contributed by atoms with Gasteiger partial charge in [0.15, 0.2) is 0 Å². The van der Waals surface area contributed by atoms with Crippen LogP contribution in [0.2, 0.25) is 0 Å². The van der Waals surface area contributed by atoms with Crippen LogP contribution in [0.4, 0.5) is 0 Å². The molecule has 0 radical (unpaired) electrons. The Morgan fingerprint density at radius 1 is 1.29 bits per heavy atom. The molecule has 3 heteroatoms. The predicted molar refractivity (Wildman–Crippen MR) is 69.4 cm³/mol. The van der Waals surface area contributed by atoms with Gasteiger partial charge >= 0.3 is 5.97 Å². The van der Waals surface area contributed by atoms with Gasteiger partial charge in [-0.3, -0.25) is 4.79 Å². The summed E-state index contributed by atoms with van der Waals surface area (Å²) in [5, 5.41) is 2.92. The fourth-order valence-electron chi connectivity index (χ4n) is 3.98. The molecule has 3 rings (SSSR count). The van der Waals surface area contributed by atoms with Gasteiger partial charge in [-0.2, -0.15) is 0 Å². The molecule has 4 unspecified atom stereocenters. The zero-order chi connectivity index (χ0) is 11.8. The van der Waals surface area contributed by atoms with Gasteiger partial charge in [-0.25, -0.2) is 0 Å². The fourth-order valence-corrected chi connectivity index (χ4v) is 5.41. The minimum atomic E-state index is -0.159. The summed E-state index contributed by atoms with van der Waals surface area (Å²) >= 11 is 1.91. The summed E-state index contributed by atoms with van der Waals surface area (Å²) in [4.78, 5) is 11.2. The van der Waals surface area contributed by atoms with Crippen molar-refractivity contribution in [2.24, 2.45) is 17.8 Å². The van der Waals surface area contributed by atoms with Gasteiger partial charge in [-0.1, -0.05) is 25.7 Å². The van der Waals surface area contributed by atoms with Crippen LogP contribution in [0.25, 0.3) is 0 Å². The van der Waals surface area contributed by atoms with Crippen molar-refractivity contribution < 1.29 is 9.53 Å². The van der Waals surface area contributed by atoms with Gasteiger partial charge in [0.2, 0.25) is 0 Å². The first kappa shape index (κ1) is 11.6. The molecule has 1 aliphatic heterocycles. The third kappa shape index (κ3) is 2.14. The Labute approximate surface area is 107 Å². The normalized spacial score (nSPS) is 40.2. The van der Waals surface area contributed by atoms with E-state index in [1.54, 1.807) is 0 Å². The largest absolute Gasteiger partial charge is 0.430 e. The van der Waals surface area contributed by atoms with Gasteiger partial charge in [0, 0.05) is 23.5 Å². The van der Waals surface area contributed by atoms with Crippen LogP contribution in [-0.2, 0) is 9.53 Å². The number of esters is 1. The molecule has 0 spiro atoms. The summed E-state index contributed by atoms with van der Waals surface area (Å²) in [6.07, 6.45) is 8.06. The highest BCUT2D eigenvalue weighted by molar-refractivity contribution is 8.02. The molecule has 0 aromatic carbocycles. The third-order valence-electron chi connectivity index (χ3n) is 4.58. The molecule has 0 N–H and O–H groups in total. The molecule has 0 aromatic heterocycles. The number of thioether (sulfide) groups is 1. The Kier molecular flexibility index (Phi) is 3.20. The molecular formula is C14H20O2S. The number of ether oxygens (including phenoxy) is 1. The van der Waals surface area contributed by atoms with Crippen molar-refractivity contribution in [3.8, 4) is 0 Å². The maximum absolute atomic E-state index is 11.2. The van der Waals surface area contributed by atoms with Gasteiger partial charge in [0.1, 0.15) is 5.76 Å². The second-order valence-electron chi connectivity index (χ2n) is 5.59. The van der Waals surface area contributed by atoms with Gasteiger partial charge < -0.3 is 4.74 Å². The molecule has 0 amide bonds. The Bertz CT molecular complexity index is 348. The fraction of sp³-hybridized carbons (Fsp3) is 0.786. The van der Waals surface area contributed by atoms with E-state index in [2.05, 4.69) is 5.41 Å². The van der Waals surface area contributed by atoms with Crippen LogP contribution in [0.1, 0.15) is 45.4 Å². The lowest BCUT2D eigenvalue weighted by Gasteiger charge is -2.48. The van der Waals surface area contributed by atoms with E-state index in [1.165, 1.54) is 45.4 Å². The quantitative estimate of drug-likeness (QED) is 0.665. The number of hydrogen-bond donors (Lipinski definition) is 0. The molecule has 0 saturated heterocycles. The molecular weight excluding hydrogens is 232 g/mol. The van der Waals surface area contributed by atoms with E-state index < -0.39 is 0 Å². The first-order valence-corrected chi connectivity index (χ1v) is 7.74. The second-order valence-corrected chi connectivity index (χ2v) is 6.71. The highest BCUT2D eigenvalue weighted by atomic mass is 32.2. The Balaban J connectivity index is 1.84. The second kappa shape index (κ2) is 4.68. The van der Waals surface area contributed by atoms with Crippen molar-refractivity contribution in [3.05, 3.63) is 11.2 Å². The average molecular weight is 252 g/mol. The predicted octanol–water partition coefficient (Wildman–Crippen LogP) is 3.72. The molecule has 1 heterocycles. The summed E-state index contributed by atoms with van der Waals surface area (Å²) in [6, 6.07) is 0. The number of allylic oxidation sites excluding steroid dienone is 1. The molecule has 0 aromatic rings. The highest BCUT2D eigenvalue weighted by Gasteiger charge is 2.45. The smallest absolute Gasteiger partial charge is 0.307 e. The van der Waals surface area contributed by atoms with Crippen molar-refractivity contribution in [1.82, 2.24) is 0 Å². The van der Waals surface area contributed by atoms with Gasteiger partial charge in [0.05, 0.1) is 0 Å². The zero-order valence-corrected chi connectivity index (χ0v) is 11.2. The first-order valence-electron chi connectivity index (χ1n) is 6.79. The van der Waals surface area contributed by atoms with Crippen molar-refractivity contribution in [1.29, 1.82) is 0 Å². The minimum Gasteiger partial charge on any atom is -0.430 e. The number of hydrogen-bond acceptors (Lipinski definition) is 3. The lowest BCUT2D eigenvalue weighted by molar-refractivity contribution is -0.138. The number of rotatable bonds is 1. The van der Waals surface area contributed by atoms with Crippen molar-refractivity contribution in [2.75, 3.05) is 0 Å². The maximum atomic E-state index is 11.2. The molecule has 3 aliphatic rings. The van der Waals surface area contributed by atoms with E-state index in [9.17, 15) is 4.79 Å². The molecule has 0 bridgehead atoms. The molecule has 2 saturated carbocycles. The van der Waals surface area contributed by atoms with E-state index in [0.717, 1.165) is 22.8 Å². The summed E-state index contributed by atoms with van der Waals surface area (Å²) in [6.45, 7) is 1.51. The zero-order valence-electron chi connectivity index (χ0n) is 10.4. The van der Waals surface area contributed by atoms with Gasteiger partial charge in [0.25, 0.3) is 0 Å². The Morgan fingerprint density at radius 3 is 2.82 bits per heavy atom. The van der Waals surface area contributed by atoms with E-state index in [0.29, 0.717) is 5.92 Å². The van der Waals surface area contributed by atoms with Crippen LogP contribution in [0, 0.1) is 17.8 Å². The average Bonchev–Trinajstić information content (AvgIpc) is 2.33. The van der Waals surface area contributed by atoms with Gasteiger partial charge in [-0.05, 0) is 24.7 Å². The van der Waals surface area contributed by atoms with Crippen LogP contribution in [0.3, 0.4) is 0 Å². The van der Waals surface area contributed by atoms with Crippen LogP contribution in [-0.4, -0.2) is 11.2 Å². The maximum Gasteiger partial charge on any atom is 0.307 e. The van der Waals surface area contributed by atoms with Crippen molar-refractivity contribution in [3.63, 3.8) is 0 Å². The third-order valence-corrected chi connectivity index (χ3v) is 5.85. The van der Waals surface area contributed by atoms with Crippen molar-refractivity contribution >= 4 is 17.7 Å². The van der Waals surface area contributed by atoms with E-state index in [-0.39, 0.29) is 5.97 Å². The van der Waals surface area contributed by atoms with E-state index >= 15 is 0 Å². The van der Waals surface area contributed by atoms with E-state index in [1.807, 2.05) is 11.8 Å². The monoisotopic (exact) mass is 252 g/mol. The van der Waals surface area contributed by atoms with Crippen LogP contribution < -0.4 is 0 Å². The van der Waals surface area contributed by atoms with Crippen LogP contribution in [0.5, 0.6) is 0 Å². The standard InChI is InChI=1S/C14H20O2S/c1-9(15)16-12-8-17-13-7-3-5-10-4-2-6-11(12)14(10)13/h8,10-11,13-14H,2-7H2,1H3. The number of carbonyl (C=O) groups is 1. The summed E-state index contributed by atoms with van der Waals surface area (Å²) < 4.78 is 5.43. The van der Waals surface area contributed by atoms with Gasteiger partial charge in [-0.15, -0.1) is 11.8 Å². The first-order chi connectivity index (χ1) is 8.25. The Hall–Kier alpha value is -0.440. The van der Waals surface area contributed by atoms with E-state index in [4.69, 9.17) is 4.74 Å². The lowest BCUT2D eigenvalue weighted by Crippen LogP contribution is -2.41. The van der Waals surface area contributed by atoms with Crippen molar-refractivity contribution in [2.45, 2.75) is 50.7 Å². The highest BCUT2D eigenvalue weighted by Crippen LogP contribution is 2.53. The Morgan fingerprint density at radius 2 is 2.06 bits per heavy atom. The summed E-state index contributed by atoms with van der Waals surface area (Å²) in [5.74, 6) is 3.01. The van der Waals surface area contributed by atoms with Crippen LogP contribution in [0.15, 0.2) is 11.2 Å². The lowest BCUT2D eigenvalue weighted by atomic mass is 9.64. The topological polar surface area (TPSA) is 26.3 Å². The summed E-state index contributed by atoms with van der Waals surface area (Å²) in [5.41, 5.74) is 0. The molecule has 17 heavy (non-hydrogen) atoms. The molecule has 94 valence electrons.